The summed E-state index contributed by atoms with van der Waals surface area (Å²) in [5.41, 5.74) is 0.800. The topological polar surface area (TPSA) is 109 Å². The van der Waals surface area contributed by atoms with E-state index >= 15 is 0 Å². The molecule has 3 aromatic heterocycles. The van der Waals surface area contributed by atoms with Gasteiger partial charge in [0.05, 0.1) is 29.2 Å². The molecule has 0 spiro atoms. The first-order valence-electron chi connectivity index (χ1n) is 12.2. The van der Waals surface area contributed by atoms with Crippen LogP contribution in [-0.4, -0.2) is 59.7 Å². The number of nitrogens with zero attached hydrogens (tertiary/aromatic N) is 6. The van der Waals surface area contributed by atoms with E-state index in [1.165, 1.54) is 38.5 Å². The third kappa shape index (κ3) is 5.27. The summed E-state index contributed by atoms with van der Waals surface area (Å²) < 4.78 is 47.4. The van der Waals surface area contributed by atoms with Gasteiger partial charge in [-0.2, -0.15) is 5.10 Å². The molecule has 2 N–H and O–H groups in total. The number of piperidine rings is 1. The van der Waals surface area contributed by atoms with Gasteiger partial charge in [-0.25, -0.2) is 27.8 Å². The van der Waals surface area contributed by atoms with Crippen LogP contribution >= 0.6 is 0 Å². The summed E-state index contributed by atoms with van der Waals surface area (Å²) in [5.74, 6) is -0.897. The molecule has 38 heavy (non-hydrogen) atoms. The first kappa shape index (κ1) is 25.9. The second-order valence-electron chi connectivity index (χ2n) is 9.82. The van der Waals surface area contributed by atoms with Crippen molar-refractivity contribution < 1.29 is 28.1 Å². The Bertz CT molecular complexity index is 1450. The molecular formula is C26H27F3N6O3. The van der Waals surface area contributed by atoms with E-state index in [1.807, 2.05) is 4.90 Å². The lowest BCUT2D eigenvalue weighted by Gasteiger charge is -2.33. The van der Waals surface area contributed by atoms with Crippen LogP contribution in [0.3, 0.4) is 0 Å². The number of anilines is 1. The van der Waals surface area contributed by atoms with Crippen LogP contribution in [0.2, 0.25) is 0 Å². The highest BCUT2D eigenvalue weighted by molar-refractivity contribution is 5.83. The second kappa shape index (κ2) is 10.2. The summed E-state index contributed by atoms with van der Waals surface area (Å²) >= 11 is 0. The molecule has 0 saturated carbocycles. The molecule has 1 aromatic carbocycles. The van der Waals surface area contributed by atoms with Crippen molar-refractivity contribution in [2.75, 3.05) is 18.0 Å². The Hall–Kier alpha value is -3.77. The summed E-state index contributed by atoms with van der Waals surface area (Å²) in [4.78, 5) is 15.8. The molecule has 5 rings (SSSR count). The molecular weight excluding hydrogens is 501 g/mol. The number of ether oxygens (including phenoxy) is 1. The van der Waals surface area contributed by atoms with E-state index in [9.17, 15) is 23.4 Å². The minimum Gasteiger partial charge on any atom is -0.487 e. The molecule has 1 aliphatic heterocycles. The Kier molecular flexibility index (Phi) is 6.93. The Morgan fingerprint density at radius 3 is 2.53 bits per heavy atom. The molecule has 12 heteroatoms. The van der Waals surface area contributed by atoms with Crippen LogP contribution in [-0.2, 0) is 6.80 Å². The molecule has 4 aromatic rings. The summed E-state index contributed by atoms with van der Waals surface area (Å²) in [6.45, 7) is 3.18. The van der Waals surface area contributed by atoms with Crippen LogP contribution in [0.15, 0.2) is 42.9 Å². The van der Waals surface area contributed by atoms with E-state index in [2.05, 4.69) is 10.1 Å². The zero-order valence-corrected chi connectivity index (χ0v) is 20.9. The Labute approximate surface area is 216 Å². The predicted octanol–water partition coefficient (Wildman–Crippen LogP) is 3.95. The Balaban J connectivity index is 1.46. The Morgan fingerprint density at radius 2 is 1.87 bits per heavy atom. The summed E-state index contributed by atoms with van der Waals surface area (Å²) in [5, 5.41) is 24.7. The number of aromatic nitrogens is 5. The molecule has 0 aliphatic carbocycles. The van der Waals surface area contributed by atoms with Gasteiger partial charge in [-0.05, 0) is 32.0 Å². The van der Waals surface area contributed by atoms with Gasteiger partial charge in [-0.1, -0.05) is 0 Å². The normalized spacial score (nSPS) is 15.7. The van der Waals surface area contributed by atoms with Crippen LogP contribution in [0.5, 0.6) is 5.75 Å². The molecule has 0 radical (unpaired) electrons. The van der Waals surface area contributed by atoms with E-state index in [0.29, 0.717) is 54.0 Å². The van der Waals surface area contributed by atoms with Crippen LogP contribution < -0.4 is 9.64 Å². The number of pyridine rings is 1. The summed E-state index contributed by atoms with van der Waals surface area (Å²) in [6.07, 6.45) is 4.07. The fourth-order valence-corrected chi connectivity index (χ4v) is 4.38. The maximum Gasteiger partial charge on any atom is 0.181 e. The van der Waals surface area contributed by atoms with Gasteiger partial charge >= 0.3 is 0 Å². The van der Waals surface area contributed by atoms with Gasteiger partial charge in [0.1, 0.15) is 29.2 Å². The third-order valence-corrected chi connectivity index (χ3v) is 6.46. The van der Waals surface area contributed by atoms with Crippen molar-refractivity contribution in [1.82, 2.24) is 24.7 Å². The first-order valence-corrected chi connectivity index (χ1v) is 12.2. The van der Waals surface area contributed by atoms with E-state index in [1.54, 1.807) is 6.07 Å². The van der Waals surface area contributed by atoms with Gasteiger partial charge in [-0.15, -0.1) is 0 Å². The molecule has 1 saturated heterocycles. The van der Waals surface area contributed by atoms with Crippen LogP contribution in [0.25, 0.3) is 22.3 Å². The molecule has 0 amide bonds. The number of alkyl halides is 1. The monoisotopic (exact) mass is 528 g/mol. The molecule has 1 atom stereocenters. The molecule has 1 unspecified atom stereocenters. The highest BCUT2D eigenvalue weighted by atomic mass is 19.1. The van der Waals surface area contributed by atoms with Gasteiger partial charge in [0.2, 0.25) is 0 Å². The number of halogens is 3. The van der Waals surface area contributed by atoms with Gasteiger partial charge < -0.3 is 19.8 Å². The smallest absolute Gasteiger partial charge is 0.181 e. The largest absolute Gasteiger partial charge is 0.487 e. The molecule has 0 bridgehead atoms. The predicted molar refractivity (Wildman–Crippen MR) is 133 cm³/mol. The van der Waals surface area contributed by atoms with Crippen LogP contribution in [0.4, 0.5) is 19.0 Å². The zero-order chi connectivity index (χ0) is 27.0. The average Bonchev–Trinajstić information content (AvgIpc) is 3.38. The number of aliphatic hydroxyl groups excluding tert-OH is 1. The minimum atomic E-state index is -1.41. The lowest BCUT2D eigenvalue weighted by atomic mass is 9.98. The van der Waals surface area contributed by atoms with Crippen molar-refractivity contribution in [3.63, 3.8) is 0 Å². The lowest BCUT2D eigenvalue weighted by Crippen LogP contribution is -2.39. The van der Waals surface area contributed by atoms with Crippen molar-refractivity contribution >= 4 is 16.9 Å². The fraction of sp³-hybridized carbons (Fsp3) is 0.385. The van der Waals surface area contributed by atoms with Crippen molar-refractivity contribution in [3.8, 4) is 17.0 Å². The molecule has 9 nitrogen and oxygen atoms in total. The first-order chi connectivity index (χ1) is 18.1. The Morgan fingerprint density at radius 1 is 1.11 bits per heavy atom. The fourth-order valence-electron chi connectivity index (χ4n) is 4.38. The number of fused-ring (bicyclic) bond motifs is 1. The number of aliphatic hydroxyl groups is 2. The quantitative estimate of drug-likeness (QED) is 0.371. The van der Waals surface area contributed by atoms with Crippen molar-refractivity contribution in [1.29, 1.82) is 0 Å². The van der Waals surface area contributed by atoms with Crippen molar-refractivity contribution in [3.05, 3.63) is 60.2 Å². The maximum atomic E-state index is 14.1. The van der Waals surface area contributed by atoms with E-state index in [-0.39, 0.29) is 17.5 Å². The highest BCUT2D eigenvalue weighted by Crippen LogP contribution is 2.33. The maximum absolute atomic E-state index is 14.1. The molecule has 1 aliphatic rings. The molecule has 200 valence electrons. The SMILES string of the molecule is CC(C)(O)C(O)c1cc2nc(N3CCC(Oc4ccc(F)cc4F)CC3)c(-c3cnn(CF)c3)nc2cn1. The number of rotatable bonds is 7. The van der Waals surface area contributed by atoms with E-state index in [4.69, 9.17) is 14.7 Å². The van der Waals surface area contributed by atoms with Crippen molar-refractivity contribution in [2.45, 2.75) is 51.3 Å². The standard InChI is InChI=1S/C26H27F3N6O3/c1-26(2,37)24(36)20-10-19-21(12-30-20)32-23(15-11-31-35(13-15)14-27)25(33-19)34-7-5-17(6-8-34)38-22-4-3-16(28)9-18(22)29/h3-4,9-13,17,24,36-37H,5-8,14H2,1-2H3. The second-order valence-corrected chi connectivity index (χ2v) is 9.82. The van der Waals surface area contributed by atoms with Crippen molar-refractivity contribution in [2.24, 2.45) is 0 Å². The summed E-state index contributed by atoms with van der Waals surface area (Å²) in [6, 6.07) is 4.80. The minimum absolute atomic E-state index is 0.0000620. The van der Waals surface area contributed by atoms with E-state index in [0.717, 1.165) is 16.8 Å². The van der Waals surface area contributed by atoms with Gasteiger partial charge in [0.15, 0.2) is 24.2 Å². The van der Waals surface area contributed by atoms with Crippen LogP contribution in [0.1, 0.15) is 38.5 Å². The number of hydrogen-bond donors (Lipinski definition) is 2. The van der Waals surface area contributed by atoms with Gasteiger partial charge in [0.25, 0.3) is 0 Å². The summed E-state index contributed by atoms with van der Waals surface area (Å²) in [7, 11) is 0. The van der Waals surface area contributed by atoms with E-state index < -0.39 is 30.1 Å². The van der Waals surface area contributed by atoms with Gasteiger partial charge in [0, 0.05) is 43.8 Å². The molecule has 4 heterocycles. The molecule has 1 fully saturated rings. The van der Waals surface area contributed by atoms with Crippen LogP contribution in [0, 0.1) is 11.6 Å². The zero-order valence-electron chi connectivity index (χ0n) is 20.9. The third-order valence-electron chi connectivity index (χ3n) is 6.46. The number of hydrogen-bond acceptors (Lipinski definition) is 8. The van der Waals surface area contributed by atoms with Gasteiger partial charge in [-0.3, -0.25) is 4.98 Å². The number of benzene rings is 1. The average molecular weight is 529 g/mol. The highest BCUT2D eigenvalue weighted by Gasteiger charge is 2.29. The lowest BCUT2D eigenvalue weighted by molar-refractivity contribution is -0.0516.